The zero-order valence-electron chi connectivity index (χ0n) is 15.2. The van der Waals surface area contributed by atoms with E-state index in [9.17, 15) is 4.79 Å². The van der Waals surface area contributed by atoms with Gasteiger partial charge in [0.1, 0.15) is 0 Å². The van der Waals surface area contributed by atoms with Crippen LogP contribution in [0, 0.1) is 0 Å². The second-order valence-corrected chi connectivity index (χ2v) is 7.68. The Morgan fingerprint density at radius 3 is 2.56 bits per heavy atom. The highest BCUT2D eigenvalue weighted by Gasteiger charge is 2.31. The van der Waals surface area contributed by atoms with Gasteiger partial charge in [-0.05, 0) is 56.5 Å². The quantitative estimate of drug-likeness (QED) is 0.741. The first-order valence-electron chi connectivity index (χ1n) is 8.77. The van der Waals surface area contributed by atoms with Gasteiger partial charge in [0.2, 0.25) is 0 Å². The normalized spacial score (nSPS) is 17.3. The molecule has 2 aromatic carbocycles. The molecule has 132 valence electrons. The Hall–Kier alpha value is -1.78. The molecule has 1 atom stereocenters. The summed E-state index contributed by atoms with van der Waals surface area (Å²) < 4.78 is 0. The molecular formula is C21H26N2OS. The minimum absolute atomic E-state index is 0.157. The molecule has 2 aromatic rings. The third-order valence-corrected chi connectivity index (χ3v) is 5.51. The molecule has 1 saturated heterocycles. The fourth-order valence-corrected chi connectivity index (χ4v) is 4.13. The summed E-state index contributed by atoms with van der Waals surface area (Å²) in [5, 5.41) is 0. The van der Waals surface area contributed by atoms with Crippen LogP contribution in [0.3, 0.4) is 0 Å². The van der Waals surface area contributed by atoms with Gasteiger partial charge in [0.15, 0.2) is 0 Å². The highest BCUT2D eigenvalue weighted by atomic mass is 32.2. The van der Waals surface area contributed by atoms with E-state index in [-0.39, 0.29) is 11.9 Å². The van der Waals surface area contributed by atoms with Crippen molar-refractivity contribution in [3.8, 4) is 0 Å². The molecule has 1 heterocycles. The van der Waals surface area contributed by atoms with E-state index in [1.54, 1.807) is 11.8 Å². The molecule has 0 radical (unpaired) electrons. The van der Waals surface area contributed by atoms with Crippen LogP contribution in [-0.4, -0.2) is 42.6 Å². The Labute approximate surface area is 155 Å². The van der Waals surface area contributed by atoms with E-state index in [4.69, 9.17) is 0 Å². The van der Waals surface area contributed by atoms with Crippen LogP contribution in [0.1, 0.15) is 40.4 Å². The summed E-state index contributed by atoms with van der Waals surface area (Å²) in [4.78, 5) is 18.4. The van der Waals surface area contributed by atoms with E-state index in [1.165, 1.54) is 11.1 Å². The van der Waals surface area contributed by atoms with E-state index in [0.717, 1.165) is 36.4 Å². The number of hydrogen-bond acceptors (Lipinski definition) is 3. The maximum absolute atomic E-state index is 13.1. The monoisotopic (exact) mass is 354 g/mol. The summed E-state index contributed by atoms with van der Waals surface area (Å²) in [6.45, 7) is 1.78. The lowest BCUT2D eigenvalue weighted by molar-refractivity contribution is 0.0732. The van der Waals surface area contributed by atoms with Gasteiger partial charge in [-0.15, -0.1) is 11.8 Å². The van der Waals surface area contributed by atoms with Crippen LogP contribution in [0.15, 0.2) is 53.4 Å². The van der Waals surface area contributed by atoms with Crippen molar-refractivity contribution in [3.63, 3.8) is 0 Å². The number of amides is 1. The molecule has 1 fully saturated rings. The molecule has 0 aromatic heterocycles. The summed E-state index contributed by atoms with van der Waals surface area (Å²) in [5.41, 5.74) is 3.37. The molecule has 1 aliphatic heterocycles. The van der Waals surface area contributed by atoms with Crippen molar-refractivity contribution in [3.05, 3.63) is 65.2 Å². The van der Waals surface area contributed by atoms with Crippen LogP contribution < -0.4 is 0 Å². The molecule has 0 spiro atoms. The van der Waals surface area contributed by atoms with Crippen LogP contribution in [0.4, 0.5) is 0 Å². The van der Waals surface area contributed by atoms with Crippen LogP contribution in [0.25, 0.3) is 0 Å². The predicted octanol–water partition coefficient (Wildman–Crippen LogP) is 4.45. The number of rotatable bonds is 5. The summed E-state index contributed by atoms with van der Waals surface area (Å²) in [5.74, 6) is 0.157. The van der Waals surface area contributed by atoms with Crippen LogP contribution in [-0.2, 0) is 6.54 Å². The smallest absolute Gasteiger partial charge is 0.255 e. The third-order valence-electron chi connectivity index (χ3n) is 4.71. The molecule has 0 bridgehead atoms. The fraction of sp³-hybridized carbons (Fsp3) is 0.381. The van der Waals surface area contributed by atoms with Gasteiger partial charge in [0.25, 0.3) is 5.91 Å². The summed E-state index contributed by atoms with van der Waals surface area (Å²) in [7, 11) is 4.16. The van der Waals surface area contributed by atoms with E-state index in [2.05, 4.69) is 48.2 Å². The summed E-state index contributed by atoms with van der Waals surface area (Å²) in [6, 6.07) is 16.9. The second-order valence-electron chi connectivity index (χ2n) is 6.84. The van der Waals surface area contributed by atoms with E-state index in [1.807, 2.05) is 30.5 Å². The number of thioether (sulfide) groups is 1. The van der Waals surface area contributed by atoms with Crippen LogP contribution in [0.5, 0.6) is 0 Å². The van der Waals surface area contributed by atoms with Crippen molar-refractivity contribution >= 4 is 17.7 Å². The Morgan fingerprint density at radius 2 is 1.88 bits per heavy atom. The molecule has 3 nitrogen and oxygen atoms in total. The highest BCUT2D eigenvalue weighted by Crippen LogP contribution is 2.34. The van der Waals surface area contributed by atoms with E-state index < -0.39 is 0 Å². The summed E-state index contributed by atoms with van der Waals surface area (Å²) >= 11 is 1.64. The first-order chi connectivity index (χ1) is 12.1. The molecule has 0 saturated carbocycles. The molecule has 0 N–H and O–H groups in total. The number of benzene rings is 2. The molecule has 1 aliphatic rings. The van der Waals surface area contributed by atoms with Crippen molar-refractivity contribution in [1.82, 2.24) is 9.80 Å². The minimum atomic E-state index is 0.157. The zero-order chi connectivity index (χ0) is 17.8. The predicted molar refractivity (Wildman–Crippen MR) is 105 cm³/mol. The lowest BCUT2D eigenvalue weighted by Gasteiger charge is -2.26. The van der Waals surface area contributed by atoms with E-state index >= 15 is 0 Å². The molecule has 1 amide bonds. The molecular weight excluding hydrogens is 328 g/mol. The molecule has 4 heteroatoms. The maximum atomic E-state index is 13.1. The fourth-order valence-electron chi connectivity index (χ4n) is 3.54. The minimum Gasteiger partial charge on any atom is -0.332 e. The Bertz CT molecular complexity index is 727. The Kier molecular flexibility index (Phi) is 5.82. The largest absolute Gasteiger partial charge is 0.332 e. The van der Waals surface area contributed by atoms with Gasteiger partial charge in [-0.25, -0.2) is 0 Å². The number of carbonyl (C=O) groups is 1. The third kappa shape index (κ3) is 4.07. The number of nitrogens with zero attached hydrogens (tertiary/aromatic N) is 2. The average Bonchev–Trinajstić information content (AvgIpc) is 3.11. The number of carbonyl (C=O) groups excluding carboxylic acids is 1. The zero-order valence-corrected chi connectivity index (χ0v) is 16.1. The Balaban J connectivity index is 1.81. The first kappa shape index (κ1) is 18.0. The number of likely N-dealkylation sites (tertiary alicyclic amines) is 1. The average molecular weight is 355 g/mol. The second kappa shape index (κ2) is 8.07. The van der Waals surface area contributed by atoms with Gasteiger partial charge >= 0.3 is 0 Å². The molecule has 25 heavy (non-hydrogen) atoms. The Morgan fingerprint density at radius 1 is 1.16 bits per heavy atom. The first-order valence-corrected chi connectivity index (χ1v) is 10.00. The maximum Gasteiger partial charge on any atom is 0.255 e. The van der Waals surface area contributed by atoms with Gasteiger partial charge in [0.05, 0.1) is 11.6 Å². The summed E-state index contributed by atoms with van der Waals surface area (Å²) in [6.07, 6.45) is 4.13. The van der Waals surface area contributed by atoms with Gasteiger partial charge in [0, 0.05) is 18.0 Å². The van der Waals surface area contributed by atoms with Gasteiger partial charge in [-0.1, -0.05) is 36.4 Å². The van der Waals surface area contributed by atoms with Crippen LogP contribution >= 0.6 is 11.8 Å². The van der Waals surface area contributed by atoms with Crippen LogP contribution in [0.2, 0.25) is 0 Å². The van der Waals surface area contributed by atoms with E-state index in [0.29, 0.717) is 0 Å². The lowest BCUT2D eigenvalue weighted by Crippen LogP contribution is -2.31. The molecule has 3 rings (SSSR count). The molecule has 0 unspecified atom stereocenters. The number of hydrogen-bond donors (Lipinski definition) is 0. The topological polar surface area (TPSA) is 23.6 Å². The van der Waals surface area contributed by atoms with Crippen molar-refractivity contribution in [2.75, 3.05) is 26.9 Å². The highest BCUT2D eigenvalue weighted by molar-refractivity contribution is 7.98. The van der Waals surface area contributed by atoms with Crippen molar-refractivity contribution < 1.29 is 4.79 Å². The lowest BCUT2D eigenvalue weighted by atomic mass is 10.0. The van der Waals surface area contributed by atoms with Crippen molar-refractivity contribution in [2.24, 2.45) is 0 Å². The van der Waals surface area contributed by atoms with Gasteiger partial charge in [-0.3, -0.25) is 4.79 Å². The standard InChI is InChI=1S/C21H26N2OS/c1-22(2)15-16-10-12-17(13-11-16)19-8-6-14-23(19)21(24)18-7-4-5-9-20(18)25-3/h4-5,7,9-13,19H,6,8,14-15H2,1-3H3/t19-/m0/s1. The molecule has 0 aliphatic carbocycles. The van der Waals surface area contributed by atoms with Gasteiger partial charge < -0.3 is 9.80 Å². The SMILES string of the molecule is CSc1ccccc1C(=O)N1CCC[C@H]1c1ccc(CN(C)C)cc1. The van der Waals surface area contributed by atoms with Gasteiger partial charge in [-0.2, -0.15) is 0 Å². The van der Waals surface area contributed by atoms with Crippen molar-refractivity contribution in [2.45, 2.75) is 30.3 Å². The van der Waals surface area contributed by atoms with Crippen molar-refractivity contribution in [1.29, 1.82) is 0 Å².